The summed E-state index contributed by atoms with van der Waals surface area (Å²) in [7, 11) is 0. The Morgan fingerprint density at radius 1 is 1.33 bits per heavy atom. The second kappa shape index (κ2) is 6.95. The number of nitrogens with zero attached hydrogens (tertiary/aromatic N) is 3. The monoisotopic (exact) mass is 273 g/mol. The summed E-state index contributed by atoms with van der Waals surface area (Å²) in [6, 6.07) is 0.168. The maximum atomic E-state index is 11.2. The minimum atomic E-state index is -0.382. The Morgan fingerprint density at radius 2 is 2.00 bits per heavy atom. The molecule has 0 aliphatic rings. The van der Waals surface area contributed by atoms with Gasteiger partial charge in [-0.1, -0.05) is 0 Å². The second-order valence-corrected chi connectivity index (χ2v) is 4.05. The largest absolute Gasteiger partial charge is 0.465 e. The molecule has 100 valence electrons. The molecule has 0 aromatic carbocycles. The predicted octanol–water partition coefficient (Wildman–Crippen LogP) is 1.32. The van der Waals surface area contributed by atoms with Gasteiger partial charge in [0.2, 0.25) is 17.2 Å². The van der Waals surface area contributed by atoms with Crippen LogP contribution in [0.15, 0.2) is 0 Å². The molecule has 0 amide bonds. The lowest BCUT2D eigenvalue weighted by atomic mass is 10.4. The fraction of sp³-hybridized carbons (Fsp3) is 0.600. The van der Waals surface area contributed by atoms with Crippen LogP contribution in [0.1, 0.15) is 20.8 Å². The number of hydrogen-bond acceptors (Lipinski definition) is 7. The van der Waals surface area contributed by atoms with Crippen LogP contribution in [0.4, 0.5) is 11.9 Å². The van der Waals surface area contributed by atoms with E-state index in [0.29, 0.717) is 12.6 Å². The van der Waals surface area contributed by atoms with Crippen LogP contribution in [-0.2, 0) is 9.53 Å². The molecule has 0 fully saturated rings. The molecule has 1 aromatic heterocycles. The molecule has 0 unspecified atom stereocenters. The van der Waals surface area contributed by atoms with E-state index in [2.05, 4.69) is 25.6 Å². The lowest BCUT2D eigenvalue weighted by Crippen LogP contribution is -2.19. The zero-order valence-corrected chi connectivity index (χ0v) is 11.3. The minimum Gasteiger partial charge on any atom is -0.465 e. The van der Waals surface area contributed by atoms with Crippen molar-refractivity contribution in [2.24, 2.45) is 0 Å². The van der Waals surface area contributed by atoms with Gasteiger partial charge in [-0.25, -0.2) is 0 Å². The summed E-state index contributed by atoms with van der Waals surface area (Å²) >= 11 is 5.75. The molecule has 0 aliphatic carbocycles. The Bertz CT molecular complexity index is 413. The maximum absolute atomic E-state index is 11.2. The first-order chi connectivity index (χ1) is 8.51. The molecule has 0 aliphatic heterocycles. The van der Waals surface area contributed by atoms with Crippen LogP contribution in [0.25, 0.3) is 0 Å². The van der Waals surface area contributed by atoms with E-state index in [1.807, 2.05) is 13.8 Å². The molecular formula is C10H16ClN5O2. The lowest BCUT2D eigenvalue weighted by molar-refractivity contribution is -0.140. The number of hydrogen-bond donors (Lipinski definition) is 2. The van der Waals surface area contributed by atoms with Gasteiger partial charge >= 0.3 is 5.97 Å². The zero-order valence-electron chi connectivity index (χ0n) is 10.5. The third-order valence-electron chi connectivity index (χ3n) is 1.72. The van der Waals surface area contributed by atoms with E-state index in [0.717, 1.165) is 0 Å². The predicted molar refractivity (Wildman–Crippen MR) is 68.7 cm³/mol. The standard InChI is InChI=1S/C10H16ClN5O2/c1-4-18-7(17)5-12-9-14-8(11)15-10(16-9)13-6(2)3/h6H,4-5H2,1-3H3,(H2,12,13,14,15,16). The molecule has 1 rings (SSSR count). The molecule has 2 N–H and O–H groups in total. The van der Waals surface area contributed by atoms with Crippen molar-refractivity contribution in [2.75, 3.05) is 23.8 Å². The SMILES string of the molecule is CCOC(=O)CNc1nc(Cl)nc(NC(C)C)n1. The number of anilines is 2. The van der Waals surface area contributed by atoms with Crippen LogP contribution in [0.5, 0.6) is 0 Å². The van der Waals surface area contributed by atoms with Crippen molar-refractivity contribution in [1.29, 1.82) is 0 Å². The average Bonchev–Trinajstić information content (AvgIpc) is 2.25. The highest BCUT2D eigenvalue weighted by atomic mass is 35.5. The van der Waals surface area contributed by atoms with Crippen LogP contribution in [0.3, 0.4) is 0 Å². The van der Waals surface area contributed by atoms with Crippen molar-refractivity contribution in [3.8, 4) is 0 Å². The van der Waals surface area contributed by atoms with Crippen molar-refractivity contribution in [2.45, 2.75) is 26.8 Å². The molecule has 0 saturated carbocycles. The average molecular weight is 274 g/mol. The van der Waals surface area contributed by atoms with Gasteiger partial charge in [0.25, 0.3) is 0 Å². The fourth-order valence-corrected chi connectivity index (χ4v) is 1.28. The van der Waals surface area contributed by atoms with Gasteiger partial charge in [-0.2, -0.15) is 15.0 Å². The van der Waals surface area contributed by atoms with E-state index in [-0.39, 0.29) is 29.8 Å². The highest BCUT2D eigenvalue weighted by Gasteiger charge is 2.07. The van der Waals surface area contributed by atoms with E-state index in [9.17, 15) is 4.79 Å². The molecule has 7 nitrogen and oxygen atoms in total. The van der Waals surface area contributed by atoms with Gasteiger partial charge in [0.15, 0.2) is 0 Å². The van der Waals surface area contributed by atoms with Gasteiger partial charge in [-0.15, -0.1) is 0 Å². The van der Waals surface area contributed by atoms with Crippen molar-refractivity contribution in [3.63, 3.8) is 0 Å². The third kappa shape index (κ3) is 5.13. The lowest BCUT2D eigenvalue weighted by Gasteiger charge is -2.10. The molecule has 0 saturated heterocycles. The van der Waals surface area contributed by atoms with Gasteiger partial charge in [-0.3, -0.25) is 4.79 Å². The number of carbonyl (C=O) groups is 1. The van der Waals surface area contributed by atoms with Crippen LogP contribution in [0.2, 0.25) is 5.28 Å². The molecule has 8 heteroatoms. The number of nitrogens with one attached hydrogen (secondary N) is 2. The Labute approximate surface area is 110 Å². The molecule has 0 spiro atoms. The van der Waals surface area contributed by atoms with Gasteiger partial charge in [0.05, 0.1) is 6.61 Å². The number of esters is 1. The highest BCUT2D eigenvalue weighted by Crippen LogP contribution is 2.10. The number of ether oxygens (including phenoxy) is 1. The summed E-state index contributed by atoms with van der Waals surface area (Å²) in [6.07, 6.45) is 0. The van der Waals surface area contributed by atoms with Crippen molar-refractivity contribution >= 4 is 29.5 Å². The van der Waals surface area contributed by atoms with Crippen LogP contribution in [-0.4, -0.2) is 40.1 Å². The van der Waals surface area contributed by atoms with E-state index in [1.54, 1.807) is 6.92 Å². The molecule has 0 bridgehead atoms. The zero-order chi connectivity index (χ0) is 13.5. The molecular weight excluding hydrogens is 258 g/mol. The maximum Gasteiger partial charge on any atom is 0.325 e. The van der Waals surface area contributed by atoms with Crippen molar-refractivity contribution in [3.05, 3.63) is 5.28 Å². The van der Waals surface area contributed by atoms with Gasteiger partial charge < -0.3 is 15.4 Å². The van der Waals surface area contributed by atoms with Crippen LogP contribution in [0, 0.1) is 0 Å². The summed E-state index contributed by atoms with van der Waals surface area (Å²) < 4.78 is 4.77. The summed E-state index contributed by atoms with van der Waals surface area (Å²) in [4.78, 5) is 23.0. The summed E-state index contributed by atoms with van der Waals surface area (Å²) in [5.74, 6) is 0.204. The Morgan fingerprint density at radius 3 is 2.61 bits per heavy atom. The summed E-state index contributed by atoms with van der Waals surface area (Å²) in [5.41, 5.74) is 0. The molecule has 1 heterocycles. The van der Waals surface area contributed by atoms with Crippen molar-refractivity contribution in [1.82, 2.24) is 15.0 Å². The minimum absolute atomic E-state index is 0.0186. The molecule has 0 atom stereocenters. The fourth-order valence-electron chi connectivity index (χ4n) is 1.12. The smallest absolute Gasteiger partial charge is 0.325 e. The Balaban J connectivity index is 2.65. The van der Waals surface area contributed by atoms with Gasteiger partial charge in [-0.05, 0) is 32.4 Å². The topological polar surface area (TPSA) is 89.0 Å². The van der Waals surface area contributed by atoms with E-state index >= 15 is 0 Å². The Kier molecular flexibility index (Phi) is 5.57. The van der Waals surface area contributed by atoms with E-state index < -0.39 is 0 Å². The van der Waals surface area contributed by atoms with E-state index in [1.165, 1.54) is 0 Å². The highest BCUT2D eigenvalue weighted by molar-refractivity contribution is 6.28. The summed E-state index contributed by atoms with van der Waals surface area (Å²) in [6.45, 7) is 5.95. The normalized spacial score (nSPS) is 10.3. The third-order valence-corrected chi connectivity index (χ3v) is 1.89. The number of rotatable bonds is 6. The number of halogens is 1. The van der Waals surface area contributed by atoms with Crippen LogP contribution < -0.4 is 10.6 Å². The second-order valence-electron chi connectivity index (χ2n) is 3.71. The van der Waals surface area contributed by atoms with Gasteiger partial charge in [0.1, 0.15) is 6.54 Å². The Hall–Kier alpha value is -1.63. The first kappa shape index (κ1) is 14.4. The molecule has 0 radical (unpaired) electrons. The van der Waals surface area contributed by atoms with Crippen LogP contribution >= 0.6 is 11.6 Å². The van der Waals surface area contributed by atoms with E-state index in [4.69, 9.17) is 16.3 Å². The quantitative estimate of drug-likeness (QED) is 0.756. The number of carbonyl (C=O) groups excluding carboxylic acids is 1. The van der Waals surface area contributed by atoms with Crippen molar-refractivity contribution < 1.29 is 9.53 Å². The first-order valence-electron chi connectivity index (χ1n) is 5.59. The van der Waals surface area contributed by atoms with Gasteiger partial charge in [0, 0.05) is 6.04 Å². The molecule has 1 aromatic rings. The number of aromatic nitrogens is 3. The summed E-state index contributed by atoms with van der Waals surface area (Å²) in [5, 5.41) is 5.77. The first-order valence-corrected chi connectivity index (χ1v) is 5.96. The molecule has 18 heavy (non-hydrogen) atoms.